The highest BCUT2D eigenvalue weighted by atomic mass is 16.5. The molecular weight excluding hydrogens is 404 g/mol. The van der Waals surface area contributed by atoms with Crippen molar-refractivity contribution in [3.63, 3.8) is 0 Å². The predicted molar refractivity (Wildman–Crippen MR) is 127 cm³/mol. The van der Waals surface area contributed by atoms with Crippen LogP contribution in [0.5, 0.6) is 11.5 Å². The molecule has 2 aromatic rings. The SMILES string of the molecule is COc1ccc(C=CC(=O)NNC(=O)COc2ccc(C(C)(C)CC(C)(C)C)cc2)cc1. The number of methoxy groups -OCH3 is 1. The van der Waals surface area contributed by atoms with Crippen LogP contribution in [0.1, 0.15) is 52.2 Å². The second kappa shape index (κ2) is 10.8. The minimum atomic E-state index is -0.451. The lowest BCUT2D eigenvalue weighted by Gasteiger charge is -2.33. The minimum Gasteiger partial charge on any atom is -0.497 e. The van der Waals surface area contributed by atoms with Crippen molar-refractivity contribution in [3.05, 3.63) is 65.7 Å². The zero-order valence-corrected chi connectivity index (χ0v) is 19.8. The van der Waals surface area contributed by atoms with Crippen LogP contribution in [0.25, 0.3) is 6.08 Å². The Hall–Kier alpha value is -3.28. The van der Waals surface area contributed by atoms with Gasteiger partial charge in [0, 0.05) is 6.08 Å². The van der Waals surface area contributed by atoms with E-state index in [9.17, 15) is 9.59 Å². The van der Waals surface area contributed by atoms with E-state index in [2.05, 4.69) is 45.5 Å². The van der Waals surface area contributed by atoms with Gasteiger partial charge in [0.25, 0.3) is 11.8 Å². The van der Waals surface area contributed by atoms with Crippen molar-refractivity contribution >= 4 is 17.9 Å². The van der Waals surface area contributed by atoms with Gasteiger partial charge >= 0.3 is 0 Å². The zero-order valence-electron chi connectivity index (χ0n) is 19.8. The zero-order chi connectivity index (χ0) is 23.8. The van der Waals surface area contributed by atoms with E-state index in [0.717, 1.165) is 17.7 Å². The molecule has 0 aliphatic carbocycles. The number of ether oxygens (including phenoxy) is 2. The number of hydrazine groups is 1. The van der Waals surface area contributed by atoms with Gasteiger partial charge in [-0.05, 0) is 58.7 Å². The molecule has 0 aliphatic heterocycles. The highest BCUT2D eigenvalue weighted by Gasteiger charge is 2.27. The monoisotopic (exact) mass is 438 g/mol. The maximum atomic E-state index is 12.0. The number of benzene rings is 2. The molecule has 2 rings (SSSR count). The van der Waals surface area contributed by atoms with Crippen molar-refractivity contribution in [2.75, 3.05) is 13.7 Å². The van der Waals surface area contributed by atoms with Crippen molar-refractivity contribution in [1.29, 1.82) is 0 Å². The van der Waals surface area contributed by atoms with Crippen LogP contribution in [0.2, 0.25) is 0 Å². The molecule has 32 heavy (non-hydrogen) atoms. The normalized spacial score (nSPS) is 11.8. The summed E-state index contributed by atoms with van der Waals surface area (Å²) in [5.41, 5.74) is 6.99. The van der Waals surface area contributed by atoms with Gasteiger partial charge in [-0.1, -0.05) is 58.9 Å². The Kier molecular flexibility index (Phi) is 8.47. The first kappa shape index (κ1) is 25.0. The Labute approximate surface area is 191 Å². The van der Waals surface area contributed by atoms with Crippen molar-refractivity contribution in [2.24, 2.45) is 5.41 Å². The maximum absolute atomic E-state index is 12.0. The summed E-state index contributed by atoms with van der Waals surface area (Å²) in [5, 5.41) is 0. The summed E-state index contributed by atoms with van der Waals surface area (Å²) in [5.74, 6) is 0.441. The topological polar surface area (TPSA) is 76.7 Å². The lowest BCUT2D eigenvalue weighted by Crippen LogP contribution is -2.43. The summed E-state index contributed by atoms with van der Waals surface area (Å²) < 4.78 is 10.6. The first-order valence-electron chi connectivity index (χ1n) is 10.6. The fourth-order valence-electron chi connectivity index (χ4n) is 3.68. The molecule has 0 fully saturated rings. The number of carbonyl (C=O) groups excluding carboxylic acids is 2. The Bertz CT molecular complexity index is 924. The first-order valence-corrected chi connectivity index (χ1v) is 10.6. The van der Waals surface area contributed by atoms with Crippen LogP contribution in [0.4, 0.5) is 0 Å². The minimum absolute atomic E-state index is 0.0395. The van der Waals surface area contributed by atoms with E-state index in [1.54, 1.807) is 25.3 Å². The molecule has 6 nitrogen and oxygen atoms in total. The van der Waals surface area contributed by atoms with Crippen molar-refractivity contribution < 1.29 is 19.1 Å². The van der Waals surface area contributed by atoms with Gasteiger partial charge in [0.1, 0.15) is 11.5 Å². The molecule has 0 radical (unpaired) electrons. The van der Waals surface area contributed by atoms with Crippen LogP contribution < -0.4 is 20.3 Å². The van der Waals surface area contributed by atoms with E-state index in [1.165, 1.54) is 11.6 Å². The first-order chi connectivity index (χ1) is 15.0. The summed E-state index contributed by atoms with van der Waals surface area (Å²) in [4.78, 5) is 23.8. The number of hydrogen-bond donors (Lipinski definition) is 2. The lowest BCUT2D eigenvalue weighted by atomic mass is 9.72. The quantitative estimate of drug-likeness (QED) is 0.465. The fraction of sp³-hybridized carbons (Fsp3) is 0.385. The third-order valence-corrected chi connectivity index (χ3v) is 4.85. The molecule has 0 heterocycles. The molecule has 2 N–H and O–H groups in total. The second-order valence-corrected chi connectivity index (χ2v) is 9.58. The molecule has 0 saturated heterocycles. The number of nitrogens with one attached hydrogen (secondary N) is 2. The van der Waals surface area contributed by atoms with Gasteiger partial charge in [0.15, 0.2) is 6.61 Å². The molecule has 0 aromatic heterocycles. The molecule has 2 aromatic carbocycles. The highest BCUT2D eigenvalue weighted by molar-refractivity contribution is 5.93. The van der Waals surface area contributed by atoms with Crippen LogP contribution in [0, 0.1) is 5.41 Å². The smallest absolute Gasteiger partial charge is 0.276 e. The highest BCUT2D eigenvalue weighted by Crippen LogP contribution is 2.36. The molecular formula is C26H34N2O4. The van der Waals surface area contributed by atoms with Crippen LogP contribution in [0.3, 0.4) is 0 Å². The molecule has 6 heteroatoms. The second-order valence-electron chi connectivity index (χ2n) is 9.58. The van der Waals surface area contributed by atoms with Gasteiger partial charge in [-0.3, -0.25) is 20.4 Å². The van der Waals surface area contributed by atoms with E-state index in [-0.39, 0.29) is 17.4 Å². The summed E-state index contributed by atoms with van der Waals surface area (Å²) in [6, 6.07) is 15.0. The van der Waals surface area contributed by atoms with Gasteiger partial charge in [-0.25, -0.2) is 0 Å². The predicted octanol–water partition coefficient (Wildman–Crippen LogP) is 4.65. The number of amides is 2. The van der Waals surface area contributed by atoms with Gasteiger partial charge < -0.3 is 9.47 Å². The summed E-state index contributed by atoms with van der Waals surface area (Å²) in [6.45, 7) is 11.0. The largest absolute Gasteiger partial charge is 0.497 e. The standard InChI is InChI=1S/C26H34N2O4/c1-25(2,3)18-26(4,5)20-10-14-22(15-11-20)32-17-24(30)28-27-23(29)16-9-19-7-12-21(31-6)13-8-19/h7-16H,17-18H2,1-6H3,(H,27,29)(H,28,30). The number of carbonyl (C=O) groups is 2. The van der Waals surface area contributed by atoms with Crippen LogP contribution in [0.15, 0.2) is 54.6 Å². The molecule has 0 unspecified atom stereocenters. The maximum Gasteiger partial charge on any atom is 0.276 e. The third kappa shape index (κ3) is 8.46. The van der Waals surface area contributed by atoms with E-state index < -0.39 is 11.8 Å². The van der Waals surface area contributed by atoms with Crippen LogP contribution >= 0.6 is 0 Å². The number of hydrogen-bond acceptors (Lipinski definition) is 4. The Balaban J connectivity index is 1.77. The Morgan fingerprint density at radius 3 is 2.03 bits per heavy atom. The average Bonchev–Trinajstić information content (AvgIpc) is 2.73. The molecule has 2 amide bonds. The molecule has 172 valence electrons. The van der Waals surface area contributed by atoms with Gasteiger partial charge in [0.05, 0.1) is 7.11 Å². The van der Waals surface area contributed by atoms with Crippen molar-refractivity contribution in [2.45, 2.75) is 46.5 Å². The van der Waals surface area contributed by atoms with E-state index in [0.29, 0.717) is 5.75 Å². The van der Waals surface area contributed by atoms with Crippen LogP contribution in [-0.2, 0) is 15.0 Å². The fourth-order valence-corrected chi connectivity index (χ4v) is 3.68. The van der Waals surface area contributed by atoms with Crippen molar-refractivity contribution in [3.8, 4) is 11.5 Å². The molecule has 0 aliphatic rings. The average molecular weight is 439 g/mol. The molecule has 0 spiro atoms. The summed E-state index contributed by atoms with van der Waals surface area (Å²) >= 11 is 0. The molecule has 0 bridgehead atoms. The summed E-state index contributed by atoms with van der Waals surface area (Å²) in [7, 11) is 1.59. The summed E-state index contributed by atoms with van der Waals surface area (Å²) in [6.07, 6.45) is 4.02. The van der Waals surface area contributed by atoms with E-state index in [1.807, 2.05) is 36.4 Å². The van der Waals surface area contributed by atoms with Gasteiger partial charge in [0.2, 0.25) is 0 Å². The molecule has 0 atom stereocenters. The Morgan fingerprint density at radius 2 is 1.47 bits per heavy atom. The van der Waals surface area contributed by atoms with Gasteiger partial charge in [-0.2, -0.15) is 0 Å². The van der Waals surface area contributed by atoms with E-state index >= 15 is 0 Å². The third-order valence-electron chi connectivity index (χ3n) is 4.85. The Morgan fingerprint density at radius 1 is 0.875 bits per heavy atom. The van der Waals surface area contributed by atoms with E-state index in [4.69, 9.17) is 9.47 Å². The lowest BCUT2D eigenvalue weighted by molar-refractivity contribution is -0.128. The van der Waals surface area contributed by atoms with Crippen LogP contribution in [-0.4, -0.2) is 25.5 Å². The van der Waals surface area contributed by atoms with Crippen molar-refractivity contribution in [1.82, 2.24) is 10.9 Å². The molecule has 0 saturated carbocycles. The number of rotatable bonds is 8. The van der Waals surface area contributed by atoms with Gasteiger partial charge in [-0.15, -0.1) is 0 Å².